The van der Waals surface area contributed by atoms with Gasteiger partial charge in [-0.05, 0) is 62.7 Å². The molecule has 2 aromatic heterocycles. The molecule has 0 aliphatic heterocycles. The maximum atomic E-state index is 13.8. The molecule has 0 aliphatic rings. The van der Waals surface area contributed by atoms with Gasteiger partial charge in [0.2, 0.25) is 5.95 Å². The van der Waals surface area contributed by atoms with Crippen molar-refractivity contribution < 1.29 is 22.1 Å². The number of rotatable bonds is 6. The highest BCUT2D eigenvalue weighted by molar-refractivity contribution is 7.92. The number of amides is 1. The third-order valence-corrected chi connectivity index (χ3v) is 6.17. The van der Waals surface area contributed by atoms with E-state index in [0.29, 0.717) is 28.2 Å². The van der Waals surface area contributed by atoms with Gasteiger partial charge < -0.3 is 9.84 Å². The minimum Gasteiger partial charge on any atom is -0.355 e. The topological polar surface area (TPSA) is 127 Å². The Kier molecular flexibility index (Phi) is 6.12. The van der Waals surface area contributed by atoms with Crippen molar-refractivity contribution in [3.05, 3.63) is 83.1 Å². The van der Waals surface area contributed by atoms with Gasteiger partial charge in [0.15, 0.2) is 11.5 Å². The molecule has 2 N–H and O–H groups in total. The molecule has 0 aliphatic carbocycles. The van der Waals surface area contributed by atoms with Crippen LogP contribution in [0.15, 0.2) is 64.0 Å². The van der Waals surface area contributed by atoms with Crippen molar-refractivity contribution in [1.82, 2.24) is 15.1 Å². The quantitative estimate of drug-likeness (QED) is 0.421. The van der Waals surface area contributed by atoms with E-state index in [-0.39, 0.29) is 22.3 Å². The first-order valence-corrected chi connectivity index (χ1v) is 11.6. The van der Waals surface area contributed by atoms with E-state index in [0.717, 1.165) is 0 Å². The predicted octanol–water partition coefficient (Wildman–Crippen LogP) is 4.25. The lowest BCUT2D eigenvalue weighted by atomic mass is 10.1. The molecular formula is C23H20FN5O4S. The lowest BCUT2D eigenvalue weighted by molar-refractivity contribution is 0.101. The second kappa shape index (κ2) is 9.02. The first-order chi connectivity index (χ1) is 16.1. The Morgan fingerprint density at radius 1 is 0.941 bits per heavy atom. The summed E-state index contributed by atoms with van der Waals surface area (Å²) < 4.78 is 46.6. The summed E-state index contributed by atoms with van der Waals surface area (Å²) >= 11 is 0. The Balaban J connectivity index is 1.45. The molecule has 0 spiro atoms. The van der Waals surface area contributed by atoms with Crippen LogP contribution in [-0.4, -0.2) is 29.4 Å². The predicted molar refractivity (Wildman–Crippen MR) is 123 cm³/mol. The third-order valence-electron chi connectivity index (χ3n) is 4.83. The first-order valence-electron chi connectivity index (χ1n) is 10.1. The van der Waals surface area contributed by atoms with E-state index in [1.54, 1.807) is 39.0 Å². The second-order valence-corrected chi connectivity index (χ2v) is 9.28. The summed E-state index contributed by atoms with van der Waals surface area (Å²) in [7, 11) is -3.92. The average Bonchev–Trinajstić information content (AvgIpc) is 3.25. The van der Waals surface area contributed by atoms with E-state index in [9.17, 15) is 17.6 Å². The Morgan fingerprint density at radius 3 is 2.26 bits per heavy atom. The van der Waals surface area contributed by atoms with Crippen molar-refractivity contribution >= 4 is 27.6 Å². The van der Waals surface area contributed by atoms with Crippen LogP contribution in [0.3, 0.4) is 0 Å². The second-order valence-electron chi connectivity index (χ2n) is 7.60. The van der Waals surface area contributed by atoms with Gasteiger partial charge in [-0.25, -0.2) is 27.5 Å². The SMILES string of the molecule is Cc1cc(C)nc(NS(=O)(=O)c2ccc(NC(=O)c3cc(-c4ccc(C)c(F)c4)on3)cc2)n1. The van der Waals surface area contributed by atoms with Gasteiger partial charge in [0, 0.05) is 28.7 Å². The highest BCUT2D eigenvalue weighted by atomic mass is 32.2. The fourth-order valence-electron chi connectivity index (χ4n) is 3.13. The lowest BCUT2D eigenvalue weighted by Gasteiger charge is -2.09. The first kappa shape index (κ1) is 23.1. The largest absolute Gasteiger partial charge is 0.355 e. The fraction of sp³-hybridized carbons (Fsp3) is 0.130. The van der Waals surface area contributed by atoms with E-state index in [1.807, 2.05) is 0 Å². The van der Waals surface area contributed by atoms with Gasteiger partial charge in [0.25, 0.3) is 15.9 Å². The molecule has 11 heteroatoms. The number of hydrogen-bond acceptors (Lipinski definition) is 7. The molecule has 0 unspecified atom stereocenters. The van der Waals surface area contributed by atoms with E-state index < -0.39 is 21.7 Å². The minimum absolute atomic E-state index is 0.0127. The number of nitrogens with one attached hydrogen (secondary N) is 2. The van der Waals surface area contributed by atoms with E-state index in [1.165, 1.54) is 36.4 Å². The van der Waals surface area contributed by atoms with Crippen LogP contribution in [-0.2, 0) is 10.0 Å². The Hall–Kier alpha value is -4.12. The van der Waals surface area contributed by atoms with Crippen LogP contribution >= 0.6 is 0 Å². The van der Waals surface area contributed by atoms with Gasteiger partial charge in [-0.2, -0.15) is 0 Å². The van der Waals surface area contributed by atoms with Crippen LogP contribution in [0.5, 0.6) is 0 Å². The molecular weight excluding hydrogens is 461 g/mol. The molecule has 0 bridgehead atoms. The number of carbonyl (C=O) groups excluding carboxylic acids is 1. The molecule has 0 saturated carbocycles. The van der Waals surface area contributed by atoms with E-state index in [2.05, 4.69) is 25.2 Å². The van der Waals surface area contributed by atoms with Crippen LogP contribution in [0.25, 0.3) is 11.3 Å². The molecule has 2 aromatic carbocycles. The van der Waals surface area contributed by atoms with Gasteiger partial charge in [-0.15, -0.1) is 0 Å². The minimum atomic E-state index is -3.92. The van der Waals surface area contributed by atoms with Crippen molar-refractivity contribution in [2.45, 2.75) is 25.7 Å². The number of nitrogens with zero attached hydrogens (tertiary/aromatic N) is 3. The molecule has 0 atom stereocenters. The van der Waals surface area contributed by atoms with Crippen molar-refractivity contribution in [2.75, 3.05) is 10.0 Å². The molecule has 4 aromatic rings. The van der Waals surface area contributed by atoms with Gasteiger partial charge >= 0.3 is 0 Å². The monoisotopic (exact) mass is 481 g/mol. The van der Waals surface area contributed by atoms with Crippen LogP contribution in [0.1, 0.15) is 27.4 Å². The average molecular weight is 482 g/mol. The summed E-state index contributed by atoms with van der Waals surface area (Å²) in [6.07, 6.45) is 0. The van der Waals surface area contributed by atoms with Crippen LogP contribution in [0, 0.1) is 26.6 Å². The van der Waals surface area contributed by atoms with E-state index >= 15 is 0 Å². The Bertz CT molecular complexity index is 1460. The summed E-state index contributed by atoms with van der Waals surface area (Å²) in [4.78, 5) is 20.6. The maximum absolute atomic E-state index is 13.8. The molecule has 2 heterocycles. The Labute approximate surface area is 195 Å². The number of halogens is 1. The van der Waals surface area contributed by atoms with Crippen molar-refractivity contribution in [3.63, 3.8) is 0 Å². The zero-order chi connectivity index (χ0) is 24.5. The number of anilines is 2. The zero-order valence-corrected chi connectivity index (χ0v) is 19.3. The highest BCUT2D eigenvalue weighted by Gasteiger charge is 2.18. The number of carbonyl (C=O) groups is 1. The molecule has 0 fully saturated rings. The summed E-state index contributed by atoms with van der Waals surface area (Å²) in [5.41, 5.74) is 2.53. The van der Waals surface area contributed by atoms with Gasteiger partial charge in [0.05, 0.1) is 4.90 Å². The lowest BCUT2D eigenvalue weighted by Crippen LogP contribution is -2.16. The standard InChI is InChI=1S/C23H20FN5O4S/c1-13-4-5-16(11-19(13)24)21-12-20(28-33-21)22(30)27-17-6-8-18(9-7-17)34(31,32)29-23-25-14(2)10-15(3)26-23/h4-12H,1-3H3,(H,27,30)(H,25,26,29). The summed E-state index contributed by atoms with van der Waals surface area (Å²) in [5, 5.41) is 6.34. The summed E-state index contributed by atoms with van der Waals surface area (Å²) in [5.74, 6) is -0.746. The molecule has 34 heavy (non-hydrogen) atoms. The molecule has 0 saturated heterocycles. The number of benzene rings is 2. The molecule has 174 valence electrons. The number of hydrogen-bond donors (Lipinski definition) is 2. The number of aromatic nitrogens is 3. The smallest absolute Gasteiger partial charge is 0.277 e. The number of aryl methyl sites for hydroxylation is 3. The number of sulfonamides is 1. The van der Waals surface area contributed by atoms with E-state index in [4.69, 9.17) is 4.52 Å². The molecule has 1 amide bonds. The normalized spacial score (nSPS) is 11.3. The maximum Gasteiger partial charge on any atom is 0.277 e. The van der Waals surface area contributed by atoms with Crippen molar-refractivity contribution in [1.29, 1.82) is 0 Å². The van der Waals surface area contributed by atoms with Crippen molar-refractivity contribution in [2.24, 2.45) is 0 Å². The summed E-state index contributed by atoms with van der Waals surface area (Å²) in [6.45, 7) is 5.12. The Morgan fingerprint density at radius 2 is 1.62 bits per heavy atom. The molecule has 4 rings (SSSR count). The van der Waals surface area contributed by atoms with Crippen LogP contribution < -0.4 is 10.0 Å². The highest BCUT2D eigenvalue weighted by Crippen LogP contribution is 2.23. The van der Waals surface area contributed by atoms with Crippen LogP contribution in [0.2, 0.25) is 0 Å². The van der Waals surface area contributed by atoms with Crippen molar-refractivity contribution in [3.8, 4) is 11.3 Å². The van der Waals surface area contributed by atoms with Crippen LogP contribution in [0.4, 0.5) is 16.0 Å². The fourth-order valence-corrected chi connectivity index (χ4v) is 4.07. The van der Waals surface area contributed by atoms with Gasteiger partial charge in [-0.3, -0.25) is 4.79 Å². The van der Waals surface area contributed by atoms with Gasteiger partial charge in [-0.1, -0.05) is 17.3 Å². The molecule has 0 radical (unpaired) electrons. The third kappa shape index (κ3) is 5.09. The zero-order valence-electron chi connectivity index (χ0n) is 18.5. The molecule has 9 nitrogen and oxygen atoms in total. The summed E-state index contributed by atoms with van der Waals surface area (Å²) in [6, 6.07) is 13.2. The van der Waals surface area contributed by atoms with Gasteiger partial charge in [0.1, 0.15) is 5.82 Å².